The van der Waals surface area contributed by atoms with Gasteiger partial charge in [0.1, 0.15) is 28.9 Å². The van der Waals surface area contributed by atoms with Crippen molar-refractivity contribution in [3.8, 4) is 17.2 Å². The lowest BCUT2D eigenvalue weighted by Crippen LogP contribution is -2.76. The first-order valence-corrected chi connectivity index (χ1v) is 22.6. The van der Waals surface area contributed by atoms with Crippen LogP contribution in [0.15, 0.2) is 78.9 Å². The van der Waals surface area contributed by atoms with E-state index in [0.29, 0.717) is 31.4 Å². The van der Waals surface area contributed by atoms with Gasteiger partial charge in [-0.25, -0.2) is 13.6 Å². The van der Waals surface area contributed by atoms with Gasteiger partial charge in [-0.2, -0.15) is 0 Å². The van der Waals surface area contributed by atoms with Crippen LogP contribution in [-0.2, 0) is 35.6 Å². The maximum Gasteiger partial charge on any atom is 0.415 e. The summed E-state index contributed by atoms with van der Waals surface area (Å²) in [4.78, 5) is 48.3. The van der Waals surface area contributed by atoms with E-state index in [4.69, 9.17) is 25.8 Å². The summed E-state index contributed by atoms with van der Waals surface area (Å²) in [5.41, 5.74) is 4.22. The Labute approximate surface area is 354 Å². The molecule has 2 heterocycles. The molecule has 0 aromatic heterocycles. The van der Waals surface area contributed by atoms with Crippen LogP contribution in [0.1, 0.15) is 54.0 Å². The highest BCUT2D eigenvalue weighted by Crippen LogP contribution is 2.63. The SMILES string of the molecule is COc1ccc(CN(C(=O)C(C)C2N(C(=O)Oc3cccc(CO[N+](=O)[O-])c3)C3CP(C)CC32Cc2ccc(CCCOc3c(F)ccc(F)c3Cl)cc2)C2CC2)cc1C. The minimum atomic E-state index is -0.870. The van der Waals surface area contributed by atoms with E-state index < -0.39 is 42.7 Å². The van der Waals surface area contributed by atoms with E-state index in [0.717, 1.165) is 65.3 Å². The predicted octanol–water partition coefficient (Wildman–Crippen LogP) is 9.39. The molecule has 4 aromatic carbocycles. The normalized spacial score (nSPS) is 21.1. The van der Waals surface area contributed by atoms with Crippen LogP contribution in [0.25, 0.3) is 0 Å². The second kappa shape index (κ2) is 18.3. The Morgan fingerprint density at radius 1 is 1.02 bits per heavy atom. The molecular weight excluding hydrogens is 815 g/mol. The third-order valence-electron chi connectivity index (χ3n) is 11.9. The number of hydrogen-bond donors (Lipinski definition) is 0. The lowest BCUT2D eigenvalue weighted by atomic mass is 9.59. The first-order valence-electron chi connectivity index (χ1n) is 20.1. The summed E-state index contributed by atoms with van der Waals surface area (Å²) < 4.78 is 45.0. The molecule has 11 nitrogen and oxygen atoms in total. The number of halogens is 3. The van der Waals surface area contributed by atoms with E-state index in [1.807, 2.05) is 30.9 Å². The van der Waals surface area contributed by atoms with Crippen LogP contribution in [0.3, 0.4) is 0 Å². The number of ether oxygens (including phenoxy) is 3. The molecule has 2 saturated heterocycles. The largest absolute Gasteiger partial charge is 0.496 e. The van der Waals surface area contributed by atoms with Crippen molar-refractivity contribution in [2.45, 2.75) is 77.2 Å². The molecule has 7 rings (SSSR count). The molecule has 5 atom stereocenters. The molecule has 0 spiro atoms. The molecule has 3 aliphatic rings. The van der Waals surface area contributed by atoms with Gasteiger partial charge in [-0.1, -0.05) is 67.1 Å². The zero-order valence-corrected chi connectivity index (χ0v) is 35.7. The van der Waals surface area contributed by atoms with Crippen molar-refractivity contribution in [3.05, 3.63) is 133 Å². The molecule has 15 heteroatoms. The Balaban J connectivity index is 1.12. The van der Waals surface area contributed by atoms with Crippen molar-refractivity contribution in [2.24, 2.45) is 11.3 Å². The molecule has 3 fully saturated rings. The van der Waals surface area contributed by atoms with Crippen LogP contribution in [0, 0.1) is 40.0 Å². The van der Waals surface area contributed by atoms with Crippen molar-refractivity contribution in [1.82, 2.24) is 9.80 Å². The Bertz CT molecular complexity index is 2230. The number of fused-ring (bicyclic) bond motifs is 1. The standard InChI is InChI=1S/C45H49ClF2N3O8P/c1-28-21-32(14-19-38(28)56-3)24-49(34-15-16-34)43(52)29(2)42-45(23-31-12-10-30(11-13-31)8-6-20-57-41-37(48)18-17-36(47)40(41)46)27-60(4)26-39(45)50(42)44(53)59-35-9-5-7-33(22-35)25-58-51(54)55/h5,7,9-14,17-19,21-22,29,34,39,42H,6,8,15-16,20,23-27H2,1-4H3. The third-order valence-corrected chi connectivity index (χ3v) is 14.4. The molecule has 2 aliphatic heterocycles. The number of nitrogens with zero attached hydrogens (tertiary/aromatic N) is 3. The van der Waals surface area contributed by atoms with Gasteiger partial charge in [0.25, 0.3) is 5.09 Å². The maximum absolute atomic E-state index is 14.9. The second-order valence-electron chi connectivity index (χ2n) is 16.2. The van der Waals surface area contributed by atoms with Crippen molar-refractivity contribution in [3.63, 3.8) is 0 Å². The van der Waals surface area contributed by atoms with Crippen LogP contribution in [0.4, 0.5) is 13.6 Å². The summed E-state index contributed by atoms with van der Waals surface area (Å²) in [6, 6.07) is 22.2. The van der Waals surface area contributed by atoms with Crippen LogP contribution >= 0.6 is 19.5 Å². The Kier molecular flexibility index (Phi) is 13.2. The van der Waals surface area contributed by atoms with Gasteiger partial charge in [0.2, 0.25) is 5.91 Å². The Hall–Kier alpha value is -5.00. The fraction of sp³-hybridized carbons (Fsp3) is 0.422. The van der Waals surface area contributed by atoms with Crippen LogP contribution in [-0.4, -0.2) is 77.7 Å². The molecular formula is C45H49ClF2N3O8P. The molecule has 0 radical (unpaired) electrons. The Morgan fingerprint density at radius 3 is 2.43 bits per heavy atom. The van der Waals surface area contributed by atoms with Gasteiger partial charge in [0.15, 0.2) is 11.6 Å². The van der Waals surface area contributed by atoms with E-state index in [9.17, 15) is 28.5 Å². The van der Waals surface area contributed by atoms with Gasteiger partial charge in [-0.3, -0.25) is 9.69 Å². The third kappa shape index (κ3) is 9.32. The fourth-order valence-corrected chi connectivity index (χ4v) is 12.1. The summed E-state index contributed by atoms with van der Waals surface area (Å²) in [5, 5.41) is 9.58. The van der Waals surface area contributed by atoms with E-state index in [-0.39, 0.29) is 53.1 Å². The first-order chi connectivity index (χ1) is 28.8. The highest BCUT2D eigenvalue weighted by Gasteiger charge is 2.68. The van der Waals surface area contributed by atoms with E-state index in [1.54, 1.807) is 36.3 Å². The molecule has 1 aliphatic carbocycles. The average Bonchev–Trinajstić information content (AvgIpc) is 4.03. The topological polar surface area (TPSA) is 121 Å². The van der Waals surface area contributed by atoms with Crippen molar-refractivity contribution in [2.75, 3.05) is 32.7 Å². The number of hydrogen-bond acceptors (Lipinski definition) is 8. The van der Waals surface area contributed by atoms with Crippen LogP contribution in [0.5, 0.6) is 17.2 Å². The second-order valence-corrected chi connectivity index (χ2v) is 19.0. The van der Waals surface area contributed by atoms with Crippen LogP contribution < -0.4 is 14.2 Å². The summed E-state index contributed by atoms with van der Waals surface area (Å²) in [6.07, 6.45) is 4.82. The molecule has 0 bridgehead atoms. The van der Waals surface area contributed by atoms with E-state index in [1.165, 1.54) is 0 Å². The van der Waals surface area contributed by atoms with Crippen molar-refractivity contribution < 1.29 is 42.5 Å². The molecule has 60 heavy (non-hydrogen) atoms. The van der Waals surface area contributed by atoms with Gasteiger partial charge < -0.3 is 23.9 Å². The lowest BCUT2D eigenvalue weighted by Gasteiger charge is -2.62. The number of aryl methyl sites for hydroxylation is 2. The zero-order valence-electron chi connectivity index (χ0n) is 34.1. The van der Waals surface area contributed by atoms with E-state index >= 15 is 0 Å². The smallest absolute Gasteiger partial charge is 0.415 e. The molecule has 5 unspecified atom stereocenters. The molecule has 4 aromatic rings. The number of carbonyl (C=O) groups is 2. The fourth-order valence-electron chi connectivity index (χ4n) is 9.13. The van der Waals surface area contributed by atoms with Gasteiger partial charge >= 0.3 is 6.09 Å². The lowest BCUT2D eigenvalue weighted by molar-refractivity contribution is -0.763. The van der Waals surface area contributed by atoms with Crippen molar-refractivity contribution in [1.29, 1.82) is 0 Å². The van der Waals surface area contributed by atoms with Gasteiger partial charge in [0.05, 0.1) is 25.7 Å². The summed E-state index contributed by atoms with van der Waals surface area (Å²) in [7, 11) is 1.17. The minimum Gasteiger partial charge on any atom is -0.496 e. The highest BCUT2D eigenvalue weighted by molar-refractivity contribution is 7.57. The van der Waals surface area contributed by atoms with Gasteiger partial charge in [-0.15, -0.1) is 18.0 Å². The first kappa shape index (κ1) is 43.1. The maximum atomic E-state index is 14.9. The number of carbonyl (C=O) groups excluding carboxylic acids is 2. The summed E-state index contributed by atoms with van der Waals surface area (Å²) in [6.45, 7) is 6.49. The quantitative estimate of drug-likeness (QED) is 0.0339. The summed E-state index contributed by atoms with van der Waals surface area (Å²) in [5.74, 6) is -1.29. The van der Waals surface area contributed by atoms with Crippen LogP contribution in [0.2, 0.25) is 5.02 Å². The van der Waals surface area contributed by atoms with Gasteiger partial charge in [0, 0.05) is 24.0 Å². The number of rotatable bonds is 17. The molecule has 2 amide bonds. The van der Waals surface area contributed by atoms with Crippen molar-refractivity contribution >= 4 is 31.5 Å². The number of likely N-dealkylation sites (tertiary alicyclic amines) is 1. The summed E-state index contributed by atoms with van der Waals surface area (Å²) >= 11 is 5.92. The monoisotopic (exact) mass is 863 g/mol. The molecule has 318 valence electrons. The zero-order chi connectivity index (χ0) is 42.7. The number of methoxy groups -OCH3 is 1. The number of amides is 2. The number of benzene rings is 4. The molecule has 1 saturated carbocycles. The molecule has 0 N–H and O–H groups in total. The predicted molar refractivity (Wildman–Crippen MR) is 224 cm³/mol. The minimum absolute atomic E-state index is 0.00479. The average molecular weight is 864 g/mol. The van der Waals surface area contributed by atoms with E-state index in [2.05, 4.69) is 41.8 Å². The van der Waals surface area contributed by atoms with Gasteiger partial charge in [-0.05, 0) is 116 Å². The highest BCUT2D eigenvalue weighted by atomic mass is 35.5. The Morgan fingerprint density at radius 2 is 1.73 bits per heavy atom.